The first-order valence-electron chi connectivity index (χ1n) is 10.4. The standard InChI is InChI=1S/C22H30ClN3O3S2/c1-17(2)16-26(21-6-4-5-18(23)15-21)31(28,29)22-9-7-19(8-10-22)24-20-11-13-25(14-12-20)30(3)27/h4-10,15,17,20,24H,11-14,16H2,1-3H3. The lowest BCUT2D eigenvalue weighted by Crippen LogP contribution is -2.39. The molecule has 1 unspecified atom stereocenters. The molecule has 2 aromatic rings. The summed E-state index contributed by atoms with van der Waals surface area (Å²) >= 11 is 6.11. The number of piperidine rings is 1. The molecule has 0 amide bonds. The third-order valence-electron chi connectivity index (χ3n) is 5.26. The summed E-state index contributed by atoms with van der Waals surface area (Å²) in [6, 6.07) is 14.1. The molecule has 9 heteroatoms. The highest BCUT2D eigenvalue weighted by Crippen LogP contribution is 2.28. The highest BCUT2D eigenvalue weighted by Gasteiger charge is 2.26. The number of anilines is 2. The molecule has 1 fully saturated rings. The van der Waals surface area contributed by atoms with Crippen molar-refractivity contribution in [3.8, 4) is 0 Å². The van der Waals surface area contributed by atoms with Crippen LogP contribution in [0.1, 0.15) is 26.7 Å². The SMILES string of the molecule is CC(C)CN(c1cccc(Cl)c1)S(=O)(=O)c1ccc(NC2CCN(S(C)=O)CC2)cc1. The minimum Gasteiger partial charge on any atom is -0.382 e. The first-order valence-corrected chi connectivity index (χ1v) is 13.7. The Morgan fingerprint density at radius 1 is 1.16 bits per heavy atom. The van der Waals surface area contributed by atoms with Gasteiger partial charge in [0.15, 0.2) is 0 Å². The van der Waals surface area contributed by atoms with E-state index in [2.05, 4.69) is 5.32 Å². The van der Waals surface area contributed by atoms with Crippen molar-refractivity contribution >= 4 is 44.0 Å². The van der Waals surface area contributed by atoms with Gasteiger partial charge < -0.3 is 5.32 Å². The van der Waals surface area contributed by atoms with E-state index in [0.717, 1.165) is 31.6 Å². The Morgan fingerprint density at radius 2 is 1.81 bits per heavy atom. The Kier molecular flexibility index (Phi) is 8.02. The maximum absolute atomic E-state index is 13.4. The average Bonchev–Trinajstić information content (AvgIpc) is 2.72. The van der Waals surface area contributed by atoms with E-state index in [1.807, 2.05) is 30.3 Å². The second kappa shape index (κ2) is 10.3. The molecule has 0 radical (unpaired) electrons. The van der Waals surface area contributed by atoms with Gasteiger partial charge in [0.05, 0.1) is 21.6 Å². The van der Waals surface area contributed by atoms with Gasteiger partial charge in [-0.2, -0.15) is 0 Å². The molecule has 3 rings (SSSR count). The Balaban J connectivity index is 1.75. The van der Waals surface area contributed by atoms with E-state index in [1.54, 1.807) is 42.7 Å². The van der Waals surface area contributed by atoms with Gasteiger partial charge in [0.1, 0.15) is 0 Å². The van der Waals surface area contributed by atoms with Crippen LogP contribution in [0, 0.1) is 5.92 Å². The van der Waals surface area contributed by atoms with Crippen molar-refractivity contribution in [3.63, 3.8) is 0 Å². The van der Waals surface area contributed by atoms with Gasteiger partial charge in [-0.1, -0.05) is 31.5 Å². The molecule has 1 N–H and O–H groups in total. The quantitative estimate of drug-likeness (QED) is 0.605. The molecule has 0 bridgehead atoms. The topological polar surface area (TPSA) is 69.7 Å². The highest BCUT2D eigenvalue weighted by atomic mass is 35.5. The smallest absolute Gasteiger partial charge is 0.264 e. The molecule has 6 nitrogen and oxygen atoms in total. The van der Waals surface area contributed by atoms with Crippen molar-refractivity contribution in [2.24, 2.45) is 5.92 Å². The van der Waals surface area contributed by atoms with E-state index < -0.39 is 21.0 Å². The van der Waals surface area contributed by atoms with Crippen LogP contribution in [0.2, 0.25) is 5.02 Å². The Hall–Kier alpha value is -1.61. The fraction of sp³-hybridized carbons (Fsp3) is 0.455. The van der Waals surface area contributed by atoms with E-state index >= 15 is 0 Å². The average molecular weight is 484 g/mol. The molecule has 0 aliphatic carbocycles. The van der Waals surface area contributed by atoms with Gasteiger partial charge in [-0.3, -0.25) is 4.31 Å². The lowest BCUT2D eigenvalue weighted by molar-refractivity contribution is 0.347. The lowest BCUT2D eigenvalue weighted by atomic mass is 10.1. The normalized spacial score (nSPS) is 16.9. The van der Waals surface area contributed by atoms with Crippen LogP contribution >= 0.6 is 11.6 Å². The molecule has 31 heavy (non-hydrogen) atoms. The molecule has 0 spiro atoms. The number of sulfonamides is 1. The zero-order valence-electron chi connectivity index (χ0n) is 18.1. The van der Waals surface area contributed by atoms with E-state index in [-0.39, 0.29) is 16.9 Å². The molecule has 170 valence electrons. The fourth-order valence-corrected chi connectivity index (χ4v) is 6.18. The Labute approximate surface area is 193 Å². The molecule has 0 saturated carbocycles. The van der Waals surface area contributed by atoms with Crippen LogP contribution in [0.15, 0.2) is 53.4 Å². The summed E-state index contributed by atoms with van der Waals surface area (Å²) in [5.41, 5.74) is 1.44. The van der Waals surface area contributed by atoms with Crippen molar-refractivity contribution in [1.82, 2.24) is 4.31 Å². The summed E-state index contributed by atoms with van der Waals surface area (Å²) in [6.45, 7) is 5.91. The van der Waals surface area contributed by atoms with Crippen molar-refractivity contribution in [2.45, 2.75) is 37.6 Å². The van der Waals surface area contributed by atoms with Gasteiger partial charge in [0.2, 0.25) is 0 Å². The summed E-state index contributed by atoms with van der Waals surface area (Å²) in [5.74, 6) is 0.151. The van der Waals surface area contributed by atoms with Crippen molar-refractivity contribution in [2.75, 3.05) is 35.5 Å². The summed E-state index contributed by atoms with van der Waals surface area (Å²) in [5, 5.41) is 3.97. The minimum absolute atomic E-state index is 0.151. The maximum atomic E-state index is 13.4. The maximum Gasteiger partial charge on any atom is 0.264 e. The number of nitrogens with one attached hydrogen (secondary N) is 1. The largest absolute Gasteiger partial charge is 0.382 e. The number of nitrogens with zero attached hydrogens (tertiary/aromatic N) is 2. The third-order valence-corrected chi connectivity index (χ3v) is 8.39. The second-order valence-corrected chi connectivity index (χ2v) is 11.9. The number of benzene rings is 2. The third kappa shape index (κ3) is 6.22. The molecular weight excluding hydrogens is 454 g/mol. The zero-order valence-corrected chi connectivity index (χ0v) is 20.5. The van der Waals surface area contributed by atoms with E-state index in [9.17, 15) is 12.6 Å². The molecule has 1 saturated heterocycles. The molecular formula is C22H30ClN3O3S2. The summed E-state index contributed by atoms with van der Waals surface area (Å²) in [4.78, 5) is 0.245. The highest BCUT2D eigenvalue weighted by molar-refractivity contribution is 7.92. The fourth-order valence-electron chi connectivity index (χ4n) is 3.65. The predicted octanol–water partition coefficient (Wildman–Crippen LogP) is 4.36. The molecule has 1 heterocycles. The van der Waals surface area contributed by atoms with Gasteiger partial charge >= 0.3 is 0 Å². The Bertz CT molecular complexity index is 1000. The van der Waals surface area contributed by atoms with Gasteiger partial charge in [-0.25, -0.2) is 16.9 Å². The monoisotopic (exact) mass is 483 g/mol. The summed E-state index contributed by atoms with van der Waals surface area (Å²) in [6.07, 6.45) is 3.51. The van der Waals surface area contributed by atoms with Gasteiger partial charge in [-0.15, -0.1) is 0 Å². The van der Waals surface area contributed by atoms with Crippen molar-refractivity contribution in [3.05, 3.63) is 53.6 Å². The summed E-state index contributed by atoms with van der Waals surface area (Å²) < 4.78 is 41.8. The van der Waals surface area contributed by atoms with E-state index in [4.69, 9.17) is 11.6 Å². The van der Waals surface area contributed by atoms with Crippen LogP contribution in [0.4, 0.5) is 11.4 Å². The number of halogens is 1. The summed E-state index contributed by atoms with van der Waals surface area (Å²) in [7, 11) is -4.65. The van der Waals surface area contributed by atoms with Gasteiger partial charge in [0.25, 0.3) is 10.0 Å². The van der Waals surface area contributed by atoms with Crippen LogP contribution in [-0.2, 0) is 21.0 Å². The van der Waals surface area contributed by atoms with Crippen LogP contribution in [0.25, 0.3) is 0 Å². The van der Waals surface area contributed by atoms with Crippen molar-refractivity contribution < 1.29 is 12.6 Å². The minimum atomic E-state index is -3.73. The Morgan fingerprint density at radius 3 is 2.35 bits per heavy atom. The van der Waals surface area contributed by atoms with Crippen LogP contribution in [-0.4, -0.2) is 48.9 Å². The number of hydrogen-bond acceptors (Lipinski definition) is 4. The van der Waals surface area contributed by atoms with Crippen molar-refractivity contribution in [1.29, 1.82) is 0 Å². The van der Waals surface area contributed by atoms with Crippen LogP contribution < -0.4 is 9.62 Å². The molecule has 1 aliphatic rings. The molecule has 1 atom stereocenters. The lowest BCUT2D eigenvalue weighted by Gasteiger charge is -2.31. The van der Waals surface area contributed by atoms with Gasteiger partial charge in [0, 0.05) is 42.6 Å². The molecule has 2 aromatic carbocycles. The second-order valence-electron chi connectivity index (χ2n) is 8.21. The first-order chi connectivity index (χ1) is 14.7. The first kappa shape index (κ1) is 24.0. The zero-order chi connectivity index (χ0) is 22.6. The number of hydrogen-bond donors (Lipinski definition) is 1. The van der Waals surface area contributed by atoms with E-state index in [1.165, 1.54) is 4.31 Å². The van der Waals surface area contributed by atoms with Crippen LogP contribution in [0.3, 0.4) is 0 Å². The van der Waals surface area contributed by atoms with E-state index in [0.29, 0.717) is 17.3 Å². The van der Waals surface area contributed by atoms with Crippen LogP contribution in [0.5, 0.6) is 0 Å². The number of rotatable bonds is 8. The predicted molar refractivity (Wildman–Crippen MR) is 130 cm³/mol. The van der Waals surface area contributed by atoms with Gasteiger partial charge in [-0.05, 0) is 61.2 Å². The molecule has 0 aromatic heterocycles. The molecule has 1 aliphatic heterocycles.